The molecule has 0 saturated heterocycles. The van der Waals surface area contributed by atoms with Crippen molar-refractivity contribution in [3.8, 4) is 0 Å². The van der Waals surface area contributed by atoms with Crippen LogP contribution in [0.3, 0.4) is 0 Å². The van der Waals surface area contributed by atoms with E-state index in [1.165, 1.54) is 11.1 Å². The molecular weight excluding hydrogens is 236 g/mol. The average molecular weight is 258 g/mol. The SMILES string of the molecule is CC(c1ccccc1)C(CN)N(C)Cc1ccoc1. The maximum absolute atomic E-state index is 5.98. The molecule has 2 N–H and O–H groups in total. The quantitative estimate of drug-likeness (QED) is 0.866. The van der Waals surface area contributed by atoms with Crippen molar-refractivity contribution in [3.63, 3.8) is 0 Å². The third-order valence-corrected chi connectivity index (χ3v) is 3.72. The smallest absolute Gasteiger partial charge is 0.0947 e. The van der Waals surface area contributed by atoms with Gasteiger partial charge in [-0.15, -0.1) is 0 Å². The first-order chi connectivity index (χ1) is 9.22. The molecule has 2 unspecified atom stereocenters. The highest BCUT2D eigenvalue weighted by atomic mass is 16.3. The van der Waals surface area contributed by atoms with Gasteiger partial charge in [0, 0.05) is 24.7 Å². The van der Waals surface area contributed by atoms with Gasteiger partial charge in [0.05, 0.1) is 12.5 Å². The summed E-state index contributed by atoms with van der Waals surface area (Å²) in [6.45, 7) is 3.73. The van der Waals surface area contributed by atoms with Crippen molar-refractivity contribution in [3.05, 3.63) is 60.1 Å². The lowest BCUT2D eigenvalue weighted by Gasteiger charge is -2.32. The average Bonchev–Trinajstić information content (AvgIpc) is 2.93. The Balaban J connectivity index is 2.06. The van der Waals surface area contributed by atoms with Gasteiger partial charge in [-0.25, -0.2) is 0 Å². The topological polar surface area (TPSA) is 42.4 Å². The minimum atomic E-state index is 0.317. The van der Waals surface area contributed by atoms with Crippen molar-refractivity contribution in [2.45, 2.75) is 25.4 Å². The summed E-state index contributed by atoms with van der Waals surface area (Å²) in [5, 5.41) is 0. The van der Waals surface area contributed by atoms with Crippen LogP contribution in [-0.2, 0) is 6.54 Å². The number of hydrogen-bond donors (Lipinski definition) is 1. The van der Waals surface area contributed by atoms with Crippen molar-refractivity contribution in [2.24, 2.45) is 5.73 Å². The summed E-state index contributed by atoms with van der Waals surface area (Å²) in [5.74, 6) is 0.406. The third-order valence-electron chi connectivity index (χ3n) is 3.72. The maximum atomic E-state index is 5.98. The van der Waals surface area contributed by atoms with Crippen LogP contribution in [-0.4, -0.2) is 24.5 Å². The molecule has 19 heavy (non-hydrogen) atoms. The van der Waals surface area contributed by atoms with Crippen LogP contribution >= 0.6 is 0 Å². The number of hydrogen-bond acceptors (Lipinski definition) is 3. The summed E-state index contributed by atoms with van der Waals surface area (Å²) in [6.07, 6.45) is 3.50. The Labute approximate surface area is 115 Å². The van der Waals surface area contributed by atoms with E-state index in [0.717, 1.165) is 6.54 Å². The zero-order chi connectivity index (χ0) is 13.7. The normalized spacial score (nSPS) is 14.5. The van der Waals surface area contributed by atoms with Gasteiger partial charge in [0.15, 0.2) is 0 Å². The summed E-state index contributed by atoms with van der Waals surface area (Å²) < 4.78 is 5.12. The van der Waals surface area contributed by atoms with Crippen LogP contribution in [0.1, 0.15) is 24.0 Å². The Morgan fingerprint density at radius 2 is 1.95 bits per heavy atom. The molecule has 102 valence electrons. The number of benzene rings is 1. The highest BCUT2D eigenvalue weighted by Crippen LogP contribution is 2.23. The summed E-state index contributed by atoms with van der Waals surface area (Å²) in [7, 11) is 2.12. The van der Waals surface area contributed by atoms with Crippen LogP contribution in [0.15, 0.2) is 53.3 Å². The molecule has 0 saturated carbocycles. The standard InChI is InChI=1S/C16H22N2O/c1-13(15-6-4-3-5-7-15)16(10-17)18(2)11-14-8-9-19-12-14/h3-9,12-13,16H,10-11,17H2,1-2H3. The fraction of sp³-hybridized carbons (Fsp3) is 0.375. The Morgan fingerprint density at radius 1 is 1.21 bits per heavy atom. The molecule has 0 aliphatic heterocycles. The van der Waals surface area contributed by atoms with Gasteiger partial charge >= 0.3 is 0 Å². The van der Waals surface area contributed by atoms with Crippen LogP contribution in [0.25, 0.3) is 0 Å². The summed E-state index contributed by atoms with van der Waals surface area (Å²) in [6, 6.07) is 12.8. The molecule has 1 aromatic heterocycles. The fourth-order valence-electron chi connectivity index (χ4n) is 2.53. The summed E-state index contributed by atoms with van der Waals surface area (Å²) >= 11 is 0. The van der Waals surface area contributed by atoms with Crippen molar-refractivity contribution in [2.75, 3.05) is 13.6 Å². The van der Waals surface area contributed by atoms with Gasteiger partial charge in [0.1, 0.15) is 0 Å². The lowest BCUT2D eigenvalue weighted by atomic mass is 9.92. The van der Waals surface area contributed by atoms with E-state index < -0.39 is 0 Å². The van der Waals surface area contributed by atoms with Crippen molar-refractivity contribution in [1.29, 1.82) is 0 Å². The van der Waals surface area contributed by atoms with E-state index in [9.17, 15) is 0 Å². The van der Waals surface area contributed by atoms with Gasteiger partial charge < -0.3 is 10.2 Å². The molecule has 3 nitrogen and oxygen atoms in total. The maximum Gasteiger partial charge on any atom is 0.0947 e. The number of rotatable bonds is 6. The third kappa shape index (κ3) is 3.46. The van der Waals surface area contributed by atoms with E-state index in [0.29, 0.717) is 18.5 Å². The molecule has 0 amide bonds. The number of likely N-dealkylation sites (N-methyl/N-ethyl adjacent to an activating group) is 1. The van der Waals surface area contributed by atoms with E-state index >= 15 is 0 Å². The monoisotopic (exact) mass is 258 g/mol. The molecule has 1 aromatic carbocycles. The van der Waals surface area contributed by atoms with Crippen LogP contribution in [0.5, 0.6) is 0 Å². The Hall–Kier alpha value is -1.58. The molecular formula is C16H22N2O. The summed E-state index contributed by atoms with van der Waals surface area (Å²) in [4.78, 5) is 2.29. The predicted molar refractivity (Wildman–Crippen MR) is 77.9 cm³/mol. The molecule has 0 aliphatic carbocycles. The molecule has 2 rings (SSSR count). The first-order valence-corrected chi connectivity index (χ1v) is 6.68. The van der Waals surface area contributed by atoms with Gasteiger partial charge in [-0.2, -0.15) is 0 Å². The van der Waals surface area contributed by atoms with Crippen molar-refractivity contribution in [1.82, 2.24) is 4.90 Å². The van der Waals surface area contributed by atoms with E-state index in [4.69, 9.17) is 10.2 Å². The highest BCUT2D eigenvalue weighted by Gasteiger charge is 2.21. The van der Waals surface area contributed by atoms with Gasteiger partial charge in [-0.05, 0) is 24.6 Å². The fourth-order valence-corrected chi connectivity index (χ4v) is 2.53. The van der Waals surface area contributed by atoms with Gasteiger partial charge in [0.25, 0.3) is 0 Å². The molecule has 1 heterocycles. The van der Waals surface area contributed by atoms with E-state index in [1.54, 1.807) is 12.5 Å². The molecule has 0 radical (unpaired) electrons. The predicted octanol–water partition coefficient (Wildman–Crippen LogP) is 2.84. The van der Waals surface area contributed by atoms with E-state index in [2.05, 4.69) is 43.1 Å². The molecule has 2 atom stereocenters. The second-order valence-corrected chi connectivity index (χ2v) is 5.05. The Bertz CT molecular complexity index is 467. The number of furan rings is 1. The van der Waals surface area contributed by atoms with Crippen molar-refractivity contribution >= 4 is 0 Å². The highest BCUT2D eigenvalue weighted by molar-refractivity contribution is 5.21. The van der Waals surface area contributed by atoms with Crippen LogP contribution < -0.4 is 5.73 Å². The minimum absolute atomic E-state index is 0.317. The Morgan fingerprint density at radius 3 is 2.53 bits per heavy atom. The summed E-state index contributed by atoms with van der Waals surface area (Å²) in [5.41, 5.74) is 8.49. The minimum Gasteiger partial charge on any atom is -0.472 e. The van der Waals surface area contributed by atoms with Crippen LogP contribution in [0.2, 0.25) is 0 Å². The molecule has 2 aromatic rings. The molecule has 0 fully saturated rings. The largest absolute Gasteiger partial charge is 0.472 e. The molecule has 0 bridgehead atoms. The lowest BCUT2D eigenvalue weighted by Crippen LogP contribution is -2.41. The second kappa shape index (κ2) is 6.55. The molecule has 0 spiro atoms. The van der Waals surface area contributed by atoms with Crippen LogP contribution in [0.4, 0.5) is 0 Å². The zero-order valence-electron chi connectivity index (χ0n) is 11.6. The first-order valence-electron chi connectivity index (χ1n) is 6.68. The number of nitrogens with two attached hydrogens (primary N) is 1. The Kier molecular flexibility index (Phi) is 4.77. The second-order valence-electron chi connectivity index (χ2n) is 5.05. The van der Waals surface area contributed by atoms with Gasteiger partial charge in [0.2, 0.25) is 0 Å². The first kappa shape index (κ1) is 13.8. The van der Waals surface area contributed by atoms with Gasteiger partial charge in [-0.3, -0.25) is 4.90 Å². The van der Waals surface area contributed by atoms with Crippen molar-refractivity contribution < 1.29 is 4.42 Å². The van der Waals surface area contributed by atoms with Crippen LogP contribution in [0, 0.1) is 0 Å². The zero-order valence-corrected chi connectivity index (χ0v) is 11.6. The molecule has 0 aliphatic rings. The van der Waals surface area contributed by atoms with Gasteiger partial charge in [-0.1, -0.05) is 37.3 Å². The lowest BCUT2D eigenvalue weighted by molar-refractivity contribution is 0.212. The molecule has 3 heteroatoms. The van der Waals surface area contributed by atoms with E-state index in [-0.39, 0.29) is 0 Å². The number of nitrogens with zero attached hydrogens (tertiary/aromatic N) is 1. The van der Waals surface area contributed by atoms with E-state index in [1.807, 2.05) is 12.1 Å².